The lowest BCUT2D eigenvalue weighted by atomic mass is 10.1. The van der Waals surface area contributed by atoms with Gasteiger partial charge in [0.2, 0.25) is 5.91 Å². The normalized spacial score (nSPS) is 16.6. The number of carbonyl (C=O) groups excluding carboxylic acids is 1. The maximum atomic E-state index is 12.9. The lowest BCUT2D eigenvalue weighted by Gasteiger charge is -2.12. The highest BCUT2D eigenvalue weighted by molar-refractivity contribution is 5.91. The van der Waals surface area contributed by atoms with Gasteiger partial charge in [-0.05, 0) is 49.1 Å². The molecule has 25 heavy (non-hydrogen) atoms. The van der Waals surface area contributed by atoms with Crippen LogP contribution in [0.2, 0.25) is 0 Å². The van der Waals surface area contributed by atoms with Gasteiger partial charge in [0.25, 0.3) is 0 Å². The van der Waals surface area contributed by atoms with E-state index in [9.17, 15) is 9.18 Å². The van der Waals surface area contributed by atoms with Crippen LogP contribution in [-0.4, -0.2) is 25.2 Å². The van der Waals surface area contributed by atoms with Gasteiger partial charge in [0.1, 0.15) is 18.2 Å². The second-order valence-corrected chi connectivity index (χ2v) is 6.15. The molecule has 1 heterocycles. The fourth-order valence-corrected chi connectivity index (χ4v) is 2.76. The van der Waals surface area contributed by atoms with E-state index >= 15 is 0 Å². The molecule has 0 saturated carbocycles. The third kappa shape index (κ3) is 5.57. The van der Waals surface area contributed by atoms with E-state index in [4.69, 9.17) is 9.47 Å². The van der Waals surface area contributed by atoms with Crippen molar-refractivity contribution < 1.29 is 18.7 Å². The maximum absolute atomic E-state index is 12.9. The first kappa shape index (κ1) is 17.4. The van der Waals surface area contributed by atoms with Crippen LogP contribution in [0.3, 0.4) is 0 Å². The van der Waals surface area contributed by atoms with E-state index in [0.29, 0.717) is 30.9 Å². The monoisotopic (exact) mass is 343 g/mol. The molecule has 1 unspecified atom stereocenters. The van der Waals surface area contributed by atoms with Crippen molar-refractivity contribution in [2.75, 3.05) is 18.5 Å². The second kappa shape index (κ2) is 8.62. The Hall–Kier alpha value is -2.40. The number of aryl methyl sites for hydroxylation is 1. The van der Waals surface area contributed by atoms with Crippen molar-refractivity contribution in [1.82, 2.24) is 0 Å². The number of hydrogen-bond acceptors (Lipinski definition) is 3. The molecule has 2 aromatic carbocycles. The van der Waals surface area contributed by atoms with Crippen LogP contribution >= 0.6 is 0 Å². The predicted octanol–water partition coefficient (Wildman–Crippen LogP) is 3.95. The summed E-state index contributed by atoms with van der Waals surface area (Å²) in [5, 5.41) is 2.87. The van der Waals surface area contributed by atoms with Crippen molar-refractivity contribution in [2.24, 2.45) is 0 Å². The summed E-state index contributed by atoms with van der Waals surface area (Å²) in [7, 11) is 0. The van der Waals surface area contributed by atoms with Crippen LogP contribution in [0.4, 0.5) is 10.1 Å². The molecule has 0 aromatic heterocycles. The van der Waals surface area contributed by atoms with Crippen LogP contribution in [0.15, 0.2) is 48.5 Å². The number of anilines is 1. The van der Waals surface area contributed by atoms with E-state index < -0.39 is 0 Å². The van der Waals surface area contributed by atoms with Gasteiger partial charge >= 0.3 is 0 Å². The number of ether oxygens (including phenoxy) is 2. The first-order chi connectivity index (χ1) is 12.2. The Labute approximate surface area is 147 Å². The molecule has 3 rings (SSSR count). The van der Waals surface area contributed by atoms with E-state index in [1.165, 1.54) is 12.1 Å². The van der Waals surface area contributed by atoms with Crippen molar-refractivity contribution in [3.8, 4) is 5.75 Å². The lowest BCUT2D eigenvalue weighted by Crippen LogP contribution is -2.16. The molecule has 1 aliphatic heterocycles. The van der Waals surface area contributed by atoms with Crippen molar-refractivity contribution in [2.45, 2.75) is 31.8 Å². The SMILES string of the molecule is O=C(CCc1ccc(F)cc1)Nc1cccc(OCC2CCCO2)c1. The van der Waals surface area contributed by atoms with Gasteiger partial charge in [-0.2, -0.15) is 0 Å². The Kier molecular flexibility index (Phi) is 6.01. The molecule has 0 spiro atoms. The fourth-order valence-electron chi connectivity index (χ4n) is 2.76. The summed E-state index contributed by atoms with van der Waals surface area (Å²) in [5.41, 5.74) is 1.64. The molecule has 5 heteroatoms. The van der Waals surface area contributed by atoms with E-state index in [1.807, 2.05) is 24.3 Å². The van der Waals surface area contributed by atoms with Crippen molar-refractivity contribution in [3.05, 3.63) is 59.9 Å². The molecular weight excluding hydrogens is 321 g/mol. The Morgan fingerprint density at radius 2 is 2.08 bits per heavy atom. The van der Waals surface area contributed by atoms with Gasteiger partial charge < -0.3 is 14.8 Å². The third-order valence-electron chi connectivity index (χ3n) is 4.13. The average molecular weight is 343 g/mol. The van der Waals surface area contributed by atoms with Crippen LogP contribution < -0.4 is 10.1 Å². The van der Waals surface area contributed by atoms with Crippen LogP contribution in [0.5, 0.6) is 5.75 Å². The van der Waals surface area contributed by atoms with Gasteiger partial charge in [0.05, 0.1) is 6.10 Å². The van der Waals surface area contributed by atoms with Crippen LogP contribution in [-0.2, 0) is 16.0 Å². The number of carbonyl (C=O) groups is 1. The number of halogens is 1. The van der Waals surface area contributed by atoms with Gasteiger partial charge in [-0.15, -0.1) is 0 Å². The topological polar surface area (TPSA) is 47.6 Å². The molecule has 132 valence electrons. The quantitative estimate of drug-likeness (QED) is 0.828. The summed E-state index contributed by atoms with van der Waals surface area (Å²) < 4.78 is 24.1. The minimum absolute atomic E-state index is 0.0828. The highest BCUT2D eigenvalue weighted by Crippen LogP contribution is 2.20. The molecule has 1 amide bonds. The summed E-state index contributed by atoms with van der Waals surface area (Å²) >= 11 is 0. The van der Waals surface area contributed by atoms with Crippen LogP contribution in [0, 0.1) is 5.82 Å². The lowest BCUT2D eigenvalue weighted by molar-refractivity contribution is -0.116. The minimum Gasteiger partial charge on any atom is -0.491 e. The number of hydrogen-bond donors (Lipinski definition) is 1. The van der Waals surface area contributed by atoms with E-state index in [1.54, 1.807) is 12.1 Å². The van der Waals surface area contributed by atoms with Gasteiger partial charge in [-0.1, -0.05) is 18.2 Å². The molecule has 0 bridgehead atoms. The van der Waals surface area contributed by atoms with E-state index in [0.717, 1.165) is 25.0 Å². The highest BCUT2D eigenvalue weighted by Gasteiger charge is 2.16. The first-order valence-electron chi connectivity index (χ1n) is 8.58. The molecule has 1 N–H and O–H groups in total. The number of nitrogens with one attached hydrogen (secondary N) is 1. The molecule has 1 fully saturated rings. The smallest absolute Gasteiger partial charge is 0.224 e. The average Bonchev–Trinajstić information content (AvgIpc) is 3.13. The summed E-state index contributed by atoms with van der Waals surface area (Å²) in [5.74, 6) is 0.362. The summed E-state index contributed by atoms with van der Waals surface area (Å²) in [6.45, 7) is 1.33. The summed E-state index contributed by atoms with van der Waals surface area (Å²) in [6, 6.07) is 13.6. The fraction of sp³-hybridized carbons (Fsp3) is 0.350. The summed E-state index contributed by atoms with van der Waals surface area (Å²) in [4.78, 5) is 12.1. The Balaban J connectivity index is 1.47. The largest absolute Gasteiger partial charge is 0.491 e. The van der Waals surface area contributed by atoms with Crippen molar-refractivity contribution in [3.63, 3.8) is 0 Å². The molecule has 1 atom stereocenters. The Morgan fingerprint density at radius 3 is 2.84 bits per heavy atom. The number of rotatable bonds is 7. The highest BCUT2D eigenvalue weighted by atomic mass is 19.1. The molecule has 4 nitrogen and oxygen atoms in total. The van der Waals surface area contributed by atoms with E-state index in [2.05, 4.69) is 5.32 Å². The maximum Gasteiger partial charge on any atom is 0.224 e. The molecule has 0 aliphatic carbocycles. The molecule has 1 saturated heterocycles. The van der Waals surface area contributed by atoms with Gasteiger partial charge in [0.15, 0.2) is 0 Å². The predicted molar refractivity (Wildman–Crippen MR) is 94.3 cm³/mol. The second-order valence-electron chi connectivity index (χ2n) is 6.15. The summed E-state index contributed by atoms with van der Waals surface area (Å²) in [6.07, 6.45) is 3.18. The first-order valence-corrected chi connectivity index (χ1v) is 8.58. The zero-order valence-corrected chi connectivity index (χ0v) is 14.0. The van der Waals surface area contributed by atoms with E-state index in [-0.39, 0.29) is 17.8 Å². The van der Waals surface area contributed by atoms with Gasteiger partial charge in [-0.3, -0.25) is 4.79 Å². The van der Waals surface area contributed by atoms with Gasteiger partial charge in [-0.25, -0.2) is 4.39 Å². The zero-order valence-electron chi connectivity index (χ0n) is 14.0. The third-order valence-corrected chi connectivity index (χ3v) is 4.13. The Bertz CT molecular complexity index is 696. The standard InChI is InChI=1S/C20H22FNO3/c21-16-9-6-15(7-10-16)8-11-20(23)22-17-3-1-4-18(13-17)25-14-19-5-2-12-24-19/h1,3-4,6-7,9-10,13,19H,2,5,8,11-12,14H2,(H,22,23). The molecular formula is C20H22FNO3. The zero-order chi connectivity index (χ0) is 17.5. The molecule has 1 aliphatic rings. The van der Waals surface area contributed by atoms with Gasteiger partial charge in [0, 0.05) is 24.8 Å². The number of benzene rings is 2. The number of amides is 1. The van der Waals surface area contributed by atoms with Crippen molar-refractivity contribution in [1.29, 1.82) is 0 Å². The van der Waals surface area contributed by atoms with Crippen molar-refractivity contribution >= 4 is 11.6 Å². The molecule has 0 radical (unpaired) electrons. The minimum atomic E-state index is -0.270. The van der Waals surface area contributed by atoms with Crippen LogP contribution in [0.25, 0.3) is 0 Å². The molecule has 2 aromatic rings. The Morgan fingerprint density at radius 1 is 1.24 bits per heavy atom. The van der Waals surface area contributed by atoms with Crippen LogP contribution in [0.1, 0.15) is 24.8 Å².